The lowest BCUT2D eigenvalue weighted by atomic mass is 9.69. The van der Waals surface area contributed by atoms with Crippen molar-refractivity contribution in [2.24, 2.45) is 5.41 Å². The molecule has 1 saturated carbocycles. The Hall–Kier alpha value is -0.610. The summed E-state index contributed by atoms with van der Waals surface area (Å²) in [4.78, 5) is 11.1. The lowest BCUT2D eigenvalue weighted by Crippen LogP contribution is -2.55. The third-order valence-corrected chi connectivity index (χ3v) is 3.33. The van der Waals surface area contributed by atoms with Crippen LogP contribution in [0, 0.1) is 5.41 Å². The van der Waals surface area contributed by atoms with Crippen molar-refractivity contribution in [3.63, 3.8) is 0 Å². The molecule has 0 bridgehead atoms. The second-order valence-electron chi connectivity index (χ2n) is 4.32. The molecule has 0 aromatic heterocycles. The second-order valence-corrected chi connectivity index (χ2v) is 4.32. The van der Waals surface area contributed by atoms with E-state index >= 15 is 0 Å². The molecule has 13 heavy (non-hydrogen) atoms. The molecule has 1 saturated heterocycles. The molecule has 2 fully saturated rings. The highest BCUT2D eigenvalue weighted by atomic mass is 16.7. The Morgan fingerprint density at radius 3 is 2.92 bits per heavy atom. The molecule has 0 aromatic carbocycles. The Balaban J connectivity index is 2.36. The predicted molar refractivity (Wildman–Crippen MR) is 43.6 cm³/mol. The van der Waals surface area contributed by atoms with Gasteiger partial charge in [0.1, 0.15) is 6.10 Å². The fourth-order valence-corrected chi connectivity index (χ4v) is 2.40. The van der Waals surface area contributed by atoms with Crippen LogP contribution in [-0.4, -0.2) is 28.1 Å². The van der Waals surface area contributed by atoms with Gasteiger partial charge in [-0.25, -0.2) is 0 Å². The zero-order chi connectivity index (χ0) is 9.69. The molecule has 0 radical (unpaired) electrons. The fourth-order valence-electron chi connectivity index (χ4n) is 2.40. The normalized spacial score (nSPS) is 50.1. The van der Waals surface area contributed by atoms with E-state index in [2.05, 4.69) is 0 Å². The van der Waals surface area contributed by atoms with Gasteiger partial charge >= 0.3 is 5.97 Å². The van der Waals surface area contributed by atoms with E-state index in [0.717, 1.165) is 12.8 Å². The highest BCUT2D eigenvalue weighted by Crippen LogP contribution is 2.51. The van der Waals surface area contributed by atoms with Crippen LogP contribution >= 0.6 is 0 Å². The average Bonchev–Trinajstić information content (AvgIpc) is 2.23. The molecule has 0 spiro atoms. The van der Waals surface area contributed by atoms with Crippen molar-refractivity contribution in [3.05, 3.63) is 0 Å². The summed E-state index contributed by atoms with van der Waals surface area (Å²) in [6, 6.07) is 0. The van der Waals surface area contributed by atoms with E-state index in [1.165, 1.54) is 0 Å². The van der Waals surface area contributed by atoms with Gasteiger partial charge in [-0.3, -0.25) is 4.79 Å². The minimum absolute atomic E-state index is 0.209. The van der Waals surface area contributed by atoms with Crippen molar-refractivity contribution in [1.29, 1.82) is 0 Å². The van der Waals surface area contributed by atoms with Crippen LogP contribution in [-0.2, 0) is 9.53 Å². The minimum Gasteiger partial charge on any atom is -0.430 e. The second kappa shape index (κ2) is 2.45. The highest BCUT2D eigenvalue weighted by Gasteiger charge is 2.62. The number of carbonyl (C=O) groups excluding carboxylic acids is 1. The van der Waals surface area contributed by atoms with E-state index < -0.39 is 23.3 Å². The molecule has 3 atom stereocenters. The first-order valence-electron chi connectivity index (χ1n) is 4.60. The lowest BCUT2D eigenvalue weighted by molar-refractivity contribution is -0.282. The number of ether oxygens (including phenoxy) is 1. The maximum absolute atomic E-state index is 11.1. The Labute approximate surface area is 76.5 Å². The first kappa shape index (κ1) is 8.97. The molecule has 2 rings (SSSR count). The average molecular weight is 186 g/mol. The van der Waals surface area contributed by atoms with Crippen LogP contribution in [0.1, 0.15) is 32.6 Å². The first-order chi connectivity index (χ1) is 5.98. The van der Waals surface area contributed by atoms with Gasteiger partial charge in [0, 0.05) is 5.41 Å². The summed E-state index contributed by atoms with van der Waals surface area (Å²) in [7, 11) is 0. The number of fused-ring (bicyclic) bond motifs is 1. The van der Waals surface area contributed by atoms with Crippen LogP contribution in [0.4, 0.5) is 0 Å². The van der Waals surface area contributed by atoms with E-state index in [1.807, 2.05) is 0 Å². The molecule has 1 aliphatic heterocycles. The molecule has 0 unspecified atom stereocenters. The summed E-state index contributed by atoms with van der Waals surface area (Å²) in [6.07, 6.45) is 1.33. The Kier molecular flexibility index (Phi) is 1.69. The lowest BCUT2D eigenvalue weighted by Gasteiger charge is -2.43. The van der Waals surface area contributed by atoms with Gasteiger partial charge in [0.05, 0.1) is 6.42 Å². The zero-order valence-electron chi connectivity index (χ0n) is 7.62. The minimum atomic E-state index is -1.64. The van der Waals surface area contributed by atoms with E-state index in [1.54, 1.807) is 6.92 Å². The molecule has 2 N–H and O–H groups in total. The van der Waals surface area contributed by atoms with Gasteiger partial charge in [-0.05, 0) is 19.3 Å². The highest BCUT2D eigenvalue weighted by molar-refractivity contribution is 5.73. The predicted octanol–water partition coefficient (Wildman–Crippen LogP) is 0.173. The molecule has 0 amide bonds. The Morgan fingerprint density at radius 2 is 2.31 bits per heavy atom. The third-order valence-electron chi connectivity index (χ3n) is 3.33. The van der Waals surface area contributed by atoms with Crippen LogP contribution < -0.4 is 0 Å². The summed E-state index contributed by atoms with van der Waals surface area (Å²) < 4.78 is 4.83. The van der Waals surface area contributed by atoms with Crippen molar-refractivity contribution >= 4 is 5.97 Å². The maximum atomic E-state index is 11.1. The number of hydrogen-bond acceptors (Lipinski definition) is 4. The molecular formula is C9H14O4. The third kappa shape index (κ3) is 1.02. The van der Waals surface area contributed by atoms with Gasteiger partial charge < -0.3 is 14.9 Å². The maximum Gasteiger partial charge on any atom is 0.309 e. The summed E-state index contributed by atoms with van der Waals surface area (Å²) in [6.45, 7) is 1.79. The molecule has 4 heteroatoms. The smallest absolute Gasteiger partial charge is 0.309 e. The molecular weight excluding hydrogens is 172 g/mol. The van der Waals surface area contributed by atoms with Crippen molar-refractivity contribution in [3.8, 4) is 0 Å². The van der Waals surface area contributed by atoms with Crippen LogP contribution in [0.3, 0.4) is 0 Å². The SMILES string of the molecule is C[C@@]12CCC[C@@H](O)[C@]1(O)OC(=O)C2. The van der Waals surface area contributed by atoms with Gasteiger partial charge in [0.15, 0.2) is 0 Å². The van der Waals surface area contributed by atoms with Crippen LogP contribution in [0.15, 0.2) is 0 Å². The monoisotopic (exact) mass is 186 g/mol. The number of aliphatic hydroxyl groups excluding tert-OH is 1. The largest absolute Gasteiger partial charge is 0.430 e. The molecule has 1 aliphatic carbocycles. The zero-order valence-corrected chi connectivity index (χ0v) is 7.62. The van der Waals surface area contributed by atoms with Crippen molar-refractivity contribution in [1.82, 2.24) is 0 Å². The quantitative estimate of drug-likeness (QED) is 0.529. The summed E-state index contributed by atoms with van der Waals surface area (Å²) in [5.41, 5.74) is -0.595. The van der Waals surface area contributed by atoms with E-state index in [0.29, 0.717) is 6.42 Å². The van der Waals surface area contributed by atoms with Crippen LogP contribution in [0.2, 0.25) is 0 Å². The fraction of sp³-hybridized carbons (Fsp3) is 0.889. The molecule has 1 heterocycles. The van der Waals surface area contributed by atoms with Gasteiger partial charge in [-0.1, -0.05) is 6.92 Å². The van der Waals surface area contributed by atoms with Gasteiger partial charge in [-0.2, -0.15) is 0 Å². The summed E-state index contributed by atoms with van der Waals surface area (Å²) >= 11 is 0. The Bertz CT molecular complexity index is 252. The molecule has 4 nitrogen and oxygen atoms in total. The molecule has 2 aliphatic rings. The number of carbonyl (C=O) groups is 1. The molecule has 0 aromatic rings. The van der Waals surface area contributed by atoms with Crippen molar-refractivity contribution in [2.45, 2.75) is 44.5 Å². The Morgan fingerprint density at radius 1 is 1.62 bits per heavy atom. The van der Waals surface area contributed by atoms with Gasteiger partial charge in [0.25, 0.3) is 0 Å². The summed E-state index contributed by atoms with van der Waals surface area (Å²) in [5, 5.41) is 19.6. The van der Waals surface area contributed by atoms with E-state index in [4.69, 9.17) is 4.74 Å². The van der Waals surface area contributed by atoms with Gasteiger partial charge in [-0.15, -0.1) is 0 Å². The molecule has 74 valence electrons. The summed E-state index contributed by atoms with van der Waals surface area (Å²) in [5.74, 6) is -2.05. The first-order valence-corrected chi connectivity index (χ1v) is 4.60. The van der Waals surface area contributed by atoms with Gasteiger partial charge in [0.2, 0.25) is 5.79 Å². The van der Waals surface area contributed by atoms with Crippen LogP contribution in [0.25, 0.3) is 0 Å². The van der Waals surface area contributed by atoms with E-state index in [9.17, 15) is 15.0 Å². The topological polar surface area (TPSA) is 66.8 Å². The van der Waals surface area contributed by atoms with Crippen molar-refractivity contribution in [2.75, 3.05) is 0 Å². The number of aliphatic hydroxyl groups is 2. The standard InChI is InChI=1S/C9H14O4/c1-8-4-2-3-6(10)9(8,12)13-7(11)5-8/h6,10,12H,2-5H2,1H3/t6-,8+,9+/m1/s1. The number of esters is 1. The van der Waals surface area contributed by atoms with Crippen LogP contribution in [0.5, 0.6) is 0 Å². The van der Waals surface area contributed by atoms with Crippen molar-refractivity contribution < 1.29 is 19.7 Å². The number of rotatable bonds is 0. The number of hydrogen-bond donors (Lipinski definition) is 2. The van der Waals surface area contributed by atoms with E-state index in [-0.39, 0.29) is 6.42 Å².